The van der Waals surface area contributed by atoms with Gasteiger partial charge in [-0.1, -0.05) is 20.3 Å². The molecule has 0 unspecified atom stereocenters. The Kier molecular flexibility index (Phi) is 8.42. The number of rotatable bonds is 8. The molecule has 0 aliphatic heterocycles. The third kappa shape index (κ3) is 9.49. The van der Waals surface area contributed by atoms with E-state index in [4.69, 9.17) is 10.00 Å². The fourth-order valence-electron chi connectivity index (χ4n) is 1.89. The average Bonchev–Trinajstić information content (AvgIpc) is 2.27. The zero-order chi connectivity index (χ0) is 14.9. The lowest BCUT2D eigenvalue weighted by molar-refractivity contribution is -0.156. The SMILES string of the molecule is CCC[C@@H](CN[C@H](C#N)CC)CC(=O)OC(C)(C)C. The highest BCUT2D eigenvalue weighted by atomic mass is 16.6. The standard InChI is InChI=1S/C15H28N2O2/c1-6-8-12(11-17-13(7-2)10-16)9-14(18)19-15(3,4)5/h12-13,17H,6-9,11H2,1-5H3/t12-,13+/m1/s1. The molecule has 0 saturated heterocycles. The quantitative estimate of drug-likeness (QED) is 0.687. The number of nitrogens with zero attached hydrogens (tertiary/aromatic N) is 1. The first-order valence-corrected chi connectivity index (χ1v) is 7.17. The van der Waals surface area contributed by atoms with Crippen molar-refractivity contribution in [1.29, 1.82) is 5.26 Å². The molecule has 0 amide bonds. The lowest BCUT2D eigenvalue weighted by Gasteiger charge is -2.23. The van der Waals surface area contributed by atoms with Gasteiger partial charge in [-0.25, -0.2) is 0 Å². The van der Waals surface area contributed by atoms with Crippen LogP contribution in [0.5, 0.6) is 0 Å². The van der Waals surface area contributed by atoms with Gasteiger partial charge in [0.15, 0.2) is 0 Å². The molecule has 0 aromatic carbocycles. The van der Waals surface area contributed by atoms with Crippen LogP contribution in [0.1, 0.15) is 60.3 Å². The molecule has 0 rings (SSSR count). The molecule has 19 heavy (non-hydrogen) atoms. The van der Waals surface area contributed by atoms with Gasteiger partial charge in [0.25, 0.3) is 0 Å². The Bertz CT molecular complexity index is 302. The van der Waals surface area contributed by atoms with Crippen LogP contribution in [0.3, 0.4) is 0 Å². The monoisotopic (exact) mass is 268 g/mol. The lowest BCUT2D eigenvalue weighted by atomic mass is 9.99. The summed E-state index contributed by atoms with van der Waals surface area (Å²) >= 11 is 0. The summed E-state index contributed by atoms with van der Waals surface area (Å²) in [7, 11) is 0. The van der Waals surface area contributed by atoms with Crippen LogP contribution in [0.25, 0.3) is 0 Å². The number of hydrogen-bond donors (Lipinski definition) is 1. The van der Waals surface area contributed by atoms with E-state index >= 15 is 0 Å². The molecule has 0 heterocycles. The number of ether oxygens (including phenoxy) is 1. The van der Waals surface area contributed by atoms with E-state index in [-0.39, 0.29) is 17.9 Å². The summed E-state index contributed by atoms with van der Waals surface area (Å²) < 4.78 is 5.34. The molecular formula is C15H28N2O2. The molecule has 1 N–H and O–H groups in total. The van der Waals surface area contributed by atoms with E-state index in [1.165, 1.54) is 0 Å². The molecule has 0 aliphatic rings. The van der Waals surface area contributed by atoms with Gasteiger partial charge in [0.2, 0.25) is 0 Å². The summed E-state index contributed by atoms with van der Waals surface area (Å²) in [4.78, 5) is 11.8. The minimum absolute atomic E-state index is 0.127. The normalized spacial score (nSPS) is 14.5. The predicted molar refractivity (Wildman–Crippen MR) is 76.6 cm³/mol. The number of nitriles is 1. The van der Waals surface area contributed by atoms with Crippen molar-refractivity contribution >= 4 is 5.97 Å². The van der Waals surface area contributed by atoms with Crippen molar-refractivity contribution in [3.63, 3.8) is 0 Å². The largest absolute Gasteiger partial charge is 0.460 e. The third-order valence-electron chi connectivity index (χ3n) is 2.79. The zero-order valence-corrected chi connectivity index (χ0v) is 13.0. The summed E-state index contributed by atoms with van der Waals surface area (Å²) in [5.74, 6) is 0.0833. The number of carbonyl (C=O) groups is 1. The van der Waals surface area contributed by atoms with Gasteiger partial charge in [-0.05, 0) is 46.1 Å². The maximum Gasteiger partial charge on any atom is 0.306 e. The predicted octanol–water partition coefficient (Wildman–Crippen LogP) is 3.03. The van der Waals surface area contributed by atoms with Crippen LogP contribution in [0.4, 0.5) is 0 Å². The minimum Gasteiger partial charge on any atom is -0.460 e. The van der Waals surface area contributed by atoms with E-state index in [1.807, 2.05) is 27.7 Å². The van der Waals surface area contributed by atoms with Crippen LogP contribution in [-0.2, 0) is 9.53 Å². The Morgan fingerprint density at radius 1 is 1.37 bits per heavy atom. The van der Waals surface area contributed by atoms with E-state index < -0.39 is 5.60 Å². The molecule has 2 atom stereocenters. The molecule has 0 aromatic rings. The summed E-state index contributed by atoms with van der Waals surface area (Å²) in [6.45, 7) is 10.4. The van der Waals surface area contributed by atoms with Crippen molar-refractivity contribution in [3.05, 3.63) is 0 Å². The Morgan fingerprint density at radius 3 is 2.42 bits per heavy atom. The third-order valence-corrected chi connectivity index (χ3v) is 2.79. The van der Waals surface area contributed by atoms with Crippen LogP contribution in [0.2, 0.25) is 0 Å². The number of hydrogen-bond acceptors (Lipinski definition) is 4. The maximum atomic E-state index is 11.8. The fraction of sp³-hybridized carbons (Fsp3) is 0.867. The van der Waals surface area contributed by atoms with E-state index in [9.17, 15) is 4.79 Å². The topological polar surface area (TPSA) is 62.1 Å². The summed E-state index contributed by atoms with van der Waals surface area (Å²) in [6.07, 6.45) is 3.19. The highest BCUT2D eigenvalue weighted by Crippen LogP contribution is 2.15. The Morgan fingerprint density at radius 2 is 2.00 bits per heavy atom. The van der Waals surface area contributed by atoms with Gasteiger partial charge in [0.05, 0.1) is 12.1 Å². The van der Waals surface area contributed by atoms with Crippen LogP contribution in [0.15, 0.2) is 0 Å². The van der Waals surface area contributed by atoms with E-state index in [0.29, 0.717) is 13.0 Å². The van der Waals surface area contributed by atoms with E-state index in [2.05, 4.69) is 18.3 Å². The smallest absolute Gasteiger partial charge is 0.306 e. The van der Waals surface area contributed by atoms with Gasteiger partial charge < -0.3 is 10.1 Å². The first-order chi connectivity index (χ1) is 8.82. The Balaban J connectivity index is 4.26. The molecular weight excluding hydrogens is 240 g/mol. The second-order valence-electron chi connectivity index (χ2n) is 5.94. The van der Waals surface area contributed by atoms with Gasteiger partial charge in [-0.15, -0.1) is 0 Å². The molecule has 110 valence electrons. The molecule has 0 bridgehead atoms. The summed E-state index contributed by atoms with van der Waals surface area (Å²) in [6, 6.07) is 2.09. The van der Waals surface area contributed by atoms with Gasteiger partial charge in [-0.3, -0.25) is 4.79 Å². The van der Waals surface area contributed by atoms with Crippen molar-refractivity contribution in [3.8, 4) is 6.07 Å². The molecule has 0 aliphatic carbocycles. The first-order valence-electron chi connectivity index (χ1n) is 7.17. The van der Waals surface area contributed by atoms with Gasteiger partial charge in [0, 0.05) is 6.42 Å². The maximum absolute atomic E-state index is 11.8. The van der Waals surface area contributed by atoms with Crippen LogP contribution in [0, 0.1) is 17.2 Å². The first kappa shape index (κ1) is 17.9. The summed E-state index contributed by atoms with van der Waals surface area (Å²) in [5, 5.41) is 12.1. The highest BCUT2D eigenvalue weighted by Gasteiger charge is 2.20. The summed E-state index contributed by atoms with van der Waals surface area (Å²) in [5.41, 5.74) is -0.431. The minimum atomic E-state index is -0.431. The molecule has 0 radical (unpaired) electrons. The van der Waals surface area contributed by atoms with Crippen molar-refractivity contribution in [2.75, 3.05) is 6.54 Å². The molecule has 0 aromatic heterocycles. The number of carbonyl (C=O) groups excluding carboxylic acids is 1. The van der Waals surface area contributed by atoms with Gasteiger partial charge >= 0.3 is 5.97 Å². The van der Waals surface area contributed by atoms with Gasteiger partial charge in [0.1, 0.15) is 5.60 Å². The van der Waals surface area contributed by atoms with E-state index in [0.717, 1.165) is 19.3 Å². The Hall–Kier alpha value is -1.08. The number of nitrogens with one attached hydrogen (secondary N) is 1. The molecule has 4 nitrogen and oxygen atoms in total. The molecule has 4 heteroatoms. The highest BCUT2D eigenvalue weighted by molar-refractivity contribution is 5.70. The number of esters is 1. The van der Waals surface area contributed by atoms with Crippen molar-refractivity contribution in [1.82, 2.24) is 5.32 Å². The van der Waals surface area contributed by atoms with Crippen molar-refractivity contribution in [2.24, 2.45) is 5.92 Å². The average molecular weight is 268 g/mol. The molecule has 0 saturated carbocycles. The second kappa shape index (κ2) is 8.92. The second-order valence-corrected chi connectivity index (χ2v) is 5.94. The lowest BCUT2D eigenvalue weighted by Crippen LogP contribution is -2.34. The van der Waals surface area contributed by atoms with Crippen LogP contribution in [-0.4, -0.2) is 24.2 Å². The van der Waals surface area contributed by atoms with E-state index in [1.54, 1.807) is 0 Å². The van der Waals surface area contributed by atoms with Crippen molar-refractivity contribution in [2.45, 2.75) is 71.9 Å². The molecule has 0 fully saturated rings. The van der Waals surface area contributed by atoms with Crippen LogP contribution < -0.4 is 5.32 Å². The molecule has 0 spiro atoms. The Labute approximate surface area is 117 Å². The fourth-order valence-corrected chi connectivity index (χ4v) is 1.89. The van der Waals surface area contributed by atoms with Crippen molar-refractivity contribution < 1.29 is 9.53 Å². The van der Waals surface area contributed by atoms with Gasteiger partial charge in [-0.2, -0.15) is 5.26 Å². The van der Waals surface area contributed by atoms with Crippen LogP contribution >= 0.6 is 0 Å². The zero-order valence-electron chi connectivity index (χ0n) is 13.0.